The lowest BCUT2D eigenvalue weighted by molar-refractivity contribution is 0.422. The minimum Gasteiger partial charge on any atom is -0.436 e. The topological polar surface area (TPSA) is 22.1 Å². The van der Waals surface area contributed by atoms with Crippen molar-refractivity contribution in [1.29, 1.82) is 0 Å². The Morgan fingerprint density at radius 3 is 2.56 bits per heavy atom. The van der Waals surface area contributed by atoms with E-state index in [0.717, 1.165) is 0 Å². The summed E-state index contributed by atoms with van der Waals surface area (Å²) in [4.78, 5) is 3.82. The van der Waals surface area contributed by atoms with Crippen LogP contribution in [-0.2, 0) is 0 Å². The Morgan fingerprint density at radius 2 is 1.94 bits per heavy atom. The summed E-state index contributed by atoms with van der Waals surface area (Å²) in [7, 11) is 0. The maximum atomic E-state index is 13.4. The monoisotopic (exact) mass is 301 g/mol. The first kappa shape index (κ1) is 11.4. The number of hydrogen-bond donors (Lipinski definition) is 0. The number of ether oxygens (including phenoxy) is 1. The molecule has 2 nitrogen and oxygen atoms in total. The summed E-state index contributed by atoms with van der Waals surface area (Å²) in [5.74, 6) is -0.104. The van der Waals surface area contributed by atoms with Crippen LogP contribution in [-0.4, -0.2) is 4.98 Å². The molecular formula is C11H6BrClFNO. The van der Waals surface area contributed by atoms with Crippen molar-refractivity contribution < 1.29 is 9.13 Å². The first-order chi connectivity index (χ1) is 7.65. The minimum atomic E-state index is -0.524. The van der Waals surface area contributed by atoms with Crippen LogP contribution in [0.1, 0.15) is 0 Å². The molecule has 0 aliphatic rings. The Labute approximate surface area is 105 Å². The van der Waals surface area contributed by atoms with Gasteiger partial charge in [0.05, 0.1) is 0 Å². The fourth-order valence-electron chi connectivity index (χ4n) is 1.09. The summed E-state index contributed by atoms with van der Waals surface area (Å²) in [6.07, 6.45) is 1.47. The van der Waals surface area contributed by atoms with Gasteiger partial charge < -0.3 is 4.74 Å². The van der Waals surface area contributed by atoms with E-state index in [4.69, 9.17) is 16.3 Å². The standard InChI is InChI=1S/C11H6BrClFNO/c12-7-5-10(14)11(15-6-7)16-9-3-1-8(13)2-4-9/h1-6H. The van der Waals surface area contributed by atoms with Gasteiger partial charge >= 0.3 is 0 Å². The zero-order valence-electron chi connectivity index (χ0n) is 7.95. The Kier molecular flexibility index (Phi) is 3.41. The highest BCUT2D eigenvalue weighted by Gasteiger charge is 2.06. The summed E-state index contributed by atoms with van der Waals surface area (Å²) < 4.78 is 19.2. The Bertz CT molecular complexity index is 504. The van der Waals surface area contributed by atoms with Gasteiger partial charge in [-0.3, -0.25) is 0 Å². The lowest BCUT2D eigenvalue weighted by atomic mass is 10.3. The summed E-state index contributed by atoms with van der Waals surface area (Å²) in [6.45, 7) is 0. The molecule has 16 heavy (non-hydrogen) atoms. The van der Waals surface area contributed by atoms with Crippen molar-refractivity contribution in [1.82, 2.24) is 4.98 Å². The molecule has 1 aromatic carbocycles. The predicted octanol–water partition coefficient (Wildman–Crippen LogP) is 4.43. The first-order valence-electron chi connectivity index (χ1n) is 4.39. The quantitative estimate of drug-likeness (QED) is 0.819. The number of rotatable bonds is 2. The summed E-state index contributed by atoms with van der Waals surface area (Å²) in [6, 6.07) is 7.90. The van der Waals surface area contributed by atoms with Crippen LogP contribution in [0.3, 0.4) is 0 Å². The fourth-order valence-corrected chi connectivity index (χ4v) is 1.52. The van der Waals surface area contributed by atoms with Crippen LogP contribution >= 0.6 is 27.5 Å². The molecular weight excluding hydrogens is 296 g/mol. The molecule has 0 saturated heterocycles. The van der Waals surface area contributed by atoms with Gasteiger partial charge in [-0.15, -0.1) is 0 Å². The van der Waals surface area contributed by atoms with Gasteiger partial charge in [0.25, 0.3) is 5.88 Å². The second-order valence-electron chi connectivity index (χ2n) is 3.00. The molecule has 82 valence electrons. The molecule has 1 aromatic heterocycles. The maximum Gasteiger partial charge on any atom is 0.255 e. The van der Waals surface area contributed by atoms with E-state index in [2.05, 4.69) is 20.9 Å². The molecule has 0 aliphatic carbocycles. The molecule has 0 amide bonds. The third-order valence-electron chi connectivity index (χ3n) is 1.80. The second kappa shape index (κ2) is 4.80. The van der Waals surface area contributed by atoms with Crippen LogP contribution in [0.15, 0.2) is 41.0 Å². The van der Waals surface area contributed by atoms with Crippen LogP contribution in [0.5, 0.6) is 11.6 Å². The van der Waals surface area contributed by atoms with Gasteiger partial charge in [-0.25, -0.2) is 9.37 Å². The largest absolute Gasteiger partial charge is 0.436 e. The summed E-state index contributed by atoms with van der Waals surface area (Å²) in [5, 5.41) is 0.594. The van der Waals surface area contributed by atoms with Gasteiger partial charge in [0.1, 0.15) is 5.75 Å². The molecule has 0 N–H and O–H groups in total. The summed E-state index contributed by atoms with van der Waals surface area (Å²) >= 11 is 8.83. The third-order valence-corrected chi connectivity index (χ3v) is 2.49. The molecule has 0 spiro atoms. The van der Waals surface area contributed by atoms with Crippen LogP contribution < -0.4 is 4.74 Å². The van der Waals surface area contributed by atoms with Gasteiger partial charge in [-0.2, -0.15) is 0 Å². The minimum absolute atomic E-state index is 0.0643. The van der Waals surface area contributed by atoms with Gasteiger partial charge in [-0.1, -0.05) is 11.6 Å². The van der Waals surface area contributed by atoms with Crippen molar-refractivity contribution in [2.24, 2.45) is 0 Å². The van der Waals surface area contributed by atoms with E-state index in [1.807, 2.05) is 0 Å². The number of halogens is 3. The van der Waals surface area contributed by atoms with E-state index in [1.54, 1.807) is 24.3 Å². The first-order valence-corrected chi connectivity index (χ1v) is 5.57. The van der Waals surface area contributed by atoms with Crippen molar-refractivity contribution in [2.45, 2.75) is 0 Å². The number of aromatic nitrogens is 1. The molecule has 1 heterocycles. The van der Waals surface area contributed by atoms with Gasteiger partial charge in [0, 0.05) is 15.7 Å². The molecule has 2 rings (SSSR count). The fraction of sp³-hybridized carbons (Fsp3) is 0. The number of nitrogens with zero attached hydrogens (tertiary/aromatic N) is 1. The Hall–Kier alpha value is -1.13. The van der Waals surface area contributed by atoms with Crippen LogP contribution in [0, 0.1) is 5.82 Å². The van der Waals surface area contributed by atoms with Crippen molar-refractivity contribution in [3.05, 3.63) is 51.8 Å². The lowest BCUT2D eigenvalue weighted by Gasteiger charge is -2.05. The Morgan fingerprint density at radius 1 is 1.25 bits per heavy atom. The van der Waals surface area contributed by atoms with Crippen molar-refractivity contribution in [3.63, 3.8) is 0 Å². The van der Waals surface area contributed by atoms with E-state index in [-0.39, 0.29) is 5.88 Å². The van der Waals surface area contributed by atoms with Crippen molar-refractivity contribution >= 4 is 27.5 Å². The van der Waals surface area contributed by atoms with Crippen LogP contribution in [0.4, 0.5) is 4.39 Å². The molecule has 5 heteroatoms. The molecule has 0 aliphatic heterocycles. The molecule has 0 bridgehead atoms. The number of pyridine rings is 1. The zero-order chi connectivity index (χ0) is 11.5. The predicted molar refractivity (Wildman–Crippen MR) is 63.4 cm³/mol. The molecule has 0 fully saturated rings. The lowest BCUT2D eigenvalue weighted by Crippen LogP contribution is -1.91. The van der Waals surface area contributed by atoms with E-state index in [0.29, 0.717) is 15.2 Å². The zero-order valence-corrected chi connectivity index (χ0v) is 10.3. The van der Waals surface area contributed by atoms with Gasteiger partial charge in [-0.05, 0) is 46.3 Å². The smallest absolute Gasteiger partial charge is 0.255 e. The average Bonchev–Trinajstić information content (AvgIpc) is 2.25. The molecule has 0 radical (unpaired) electrons. The number of benzene rings is 1. The summed E-state index contributed by atoms with van der Waals surface area (Å²) in [5.41, 5.74) is 0. The average molecular weight is 303 g/mol. The normalized spacial score (nSPS) is 10.2. The highest BCUT2D eigenvalue weighted by molar-refractivity contribution is 9.10. The van der Waals surface area contributed by atoms with E-state index >= 15 is 0 Å². The second-order valence-corrected chi connectivity index (χ2v) is 4.35. The molecule has 0 saturated carbocycles. The van der Waals surface area contributed by atoms with E-state index in [1.165, 1.54) is 12.3 Å². The molecule has 0 unspecified atom stereocenters. The molecule has 0 atom stereocenters. The Balaban J connectivity index is 2.23. The highest BCUT2D eigenvalue weighted by atomic mass is 79.9. The van der Waals surface area contributed by atoms with Crippen molar-refractivity contribution in [3.8, 4) is 11.6 Å². The highest BCUT2D eigenvalue weighted by Crippen LogP contribution is 2.25. The van der Waals surface area contributed by atoms with Gasteiger partial charge in [0.2, 0.25) is 0 Å². The van der Waals surface area contributed by atoms with Gasteiger partial charge in [0.15, 0.2) is 5.82 Å². The number of hydrogen-bond acceptors (Lipinski definition) is 2. The van der Waals surface area contributed by atoms with Crippen LogP contribution in [0.25, 0.3) is 0 Å². The SMILES string of the molecule is Fc1cc(Br)cnc1Oc1ccc(Cl)cc1. The van der Waals surface area contributed by atoms with E-state index < -0.39 is 5.82 Å². The van der Waals surface area contributed by atoms with Crippen LogP contribution in [0.2, 0.25) is 5.02 Å². The maximum absolute atomic E-state index is 13.4. The van der Waals surface area contributed by atoms with E-state index in [9.17, 15) is 4.39 Å². The third kappa shape index (κ3) is 2.71. The molecule has 2 aromatic rings. The van der Waals surface area contributed by atoms with Crippen molar-refractivity contribution in [2.75, 3.05) is 0 Å².